The Morgan fingerprint density at radius 1 is 0.230 bits per heavy atom. The molecule has 1 heterocycles. The molecule has 2 nitrogen and oxygen atoms in total. The Bertz CT molecular complexity index is 3140. The van der Waals surface area contributed by atoms with Crippen LogP contribution >= 0.6 is 0 Å². The van der Waals surface area contributed by atoms with Gasteiger partial charge >= 0.3 is 0 Å². The van der Waals surface area contributed by atoms with Crippen molar-refractivity contribution in [3.8, 4) is 89.5 Å². The van der Waals surface area contributed by atoms with Crippen molar-refractivity contribution in [2.45, 2.75) is 5.41 Å². The highest BCUT2D eigenvalue weighted by atomic mass is 14.9. The van der Waals surface area contributed by atoms with Crippen molar-refractivity contribution in [3.05, 3.63) is 253 Å². The third-order valence-electron chi connectivity index (χ3n) is 12.8. The molecule has 0 saturated heterocycles. The Hall–Kier alpha value is -7.94. The Balaban J connectivity index is 1.12. The molecule has 2 aliphatic rings. The molecule has 2 heteroatoms. The van der Waals surface area contributed by atoms with Crippen molar-refractivity contribution in [3.63, 3.8) is 0 Å². The average molecular weight is 775 g/mol. The molecular formula is C59H38N2. The summed E-state index contributed by atoms with van der Waals surface area (Å²) in [5.74, 6) is 0.691. The first-order valence-corrected chi connectivity index (χ1v) is 21.0. The second-order valence-corrected chi connectivity index (χ2v) is 16.0. The van der Waals surface area contributed by atoms with Crippen LogP contribution in [0.2, 0.25) is 0 Å². The fourth-order valence-corrected chi connectivity index (χ4v) is 10.2. The van der Waals surface area contributed by atoms with Crippen LogP contribution in [0.1, 0.15) is 22.3 Å². The molecule has 10 aromatic rings. The molecule has 0 bridgehead atoms. The molecule has 0 saturated carbocycles. The van der Waals surface area contributed by atoms with Crippen LogP contribution in [0.15, 0.2) is 231 Å². The highest BCUT2D eigenvalue weighted by Crippen LogP contribution is 2.61. The van der Waals surface area contributed by atoms with E-state index in [1.54, 1.807) is 0 Å². The second-order valence-electron chi connectivity index (χ2n) is 16.0. The first-order valence-electron chi connectivity index (χ1n) is 21.0. The van der Waals surface area contributed by atoms with Gasteiger partial charge in [0.25, 0.3) is 0 Å². The fourth-order valence-electron chi connectivity index (χ4n) is 10.2. The third kappa shape index (κ3) is 5.43. The van der Waals surface area contributed by atoms with Crippen molar-refractivity contribution < 1.29 is 0 Å². The lowest BCUT2D eigenvalue weighted by molar-refractivity contribution is 0.775. The Morgan fingerprint density at radius 3 is 1.15 bits per heavy atom. The van der Waals surface area contributed by atoms with Crippen molar-refractivity contribution >= 4 is 0 Å². The Morgan fingerprint density at radius 2 is 0.607 bits per heavy atom. The van der Waals surface area contributed by atoms with E-state index < -0.39 is 5.41 Å². The minimum absolute atomic E-state index is 0.540. The van der Waals surface area contributed by atoms with Gasteiger partial charge in [0.1, 0.15) is 0 Å². The molecule has 1 spiro atoms. The van der Waals surface area contributed by atoms with Gasteiger partial charge in [0.05, 0.1) is 16.8 Å². The van der Waals surface area contributed by atoms with E-state index in [-0.39, 0.29) is 0 Å². The summed E-state index contributed by atoms with van der Waals surface area (Å²) in [6.45, 7) is 0. The summed E-state index contributed by atoms with van der Waals surface area (Å²) >= 11 is 0. The minimum Gasteiger partial charge on any atom is -0.228 e. The molecule has 1 aromatic heterocycles. The highest BCUT2D eigenvalue weighted by molar-refractivity contribution is 5.98. The molecule has 0 N–H and O–H groups in total. The monoisotopic (exact) mass is 774 g/mol. The molecular weight excluding hydrogens is 737 g/mol. The summed E-state index contributed by atoms with van der Waals surface area (Å²) in [6.07, 6.45) is 0. The van der Waals surface area contributed by atoms with E-state index in [1.165, 1.54) is 55.6 Å². The lowest BCUT2D eigenvalue weighted by atomic mass is 9.66. The van der Waals surface area contributed by atoms with Crippen LogP contribution in [0.25, 0.3) is 89.5 Å². The molecule has 9 aromatic carbocycles. The quantitative estimate of drug-likeness (QED) is 0.174. The van der Waals surface area contributed by atoms with Gasteiger partial charge in [-0.05, 0) is 90.0 Å². The number of hydrogen-bond donors (Lipinski definition) is 0. The molecule has 0 unspecified atom stereocenters. The van der Waals surface area contributed by atoms with E-state index in [2.05, 4.69) is 231 Å². The van der Waals surface area contributed by atoms with Gasteiger partial charge in [0.2, 0.25) is 0 Å². The standard InChI is InChI=1S/C59H38N2/c1-3-19-39(20-4-1)42-23-7-11-30-49(42)57-38-56(60-58(61-57)50-31-12-8-24-43(50)40-21-5-2-6-22-40)41-35-36-55-51(37-41)48-29-15-18-34-54(48)59(55)52-32-16-13-27-46(52)44-25-9-10-26-45(44)47-28-14-17-33-53(47)59/h1-38H. The van der Waals surface area contributed by atoms with Crippen molar-refractivity contribution in [2.24, 2.45) is 0 Å². The zero-order valence-corrected chi connectivity index (χ0v) is 33.3. The molecule has 61 heavy (non-hydrogen) atoms. The maximum atomic E-state index is 5.48. The Labute approximate surface area is 356 Å². The topological polar surface area (TPSA) is 25.8 Å². The average Bonchev–Trinajstić information content (AvgIpc) is 3.58. The van der Waals surface area contributed by atoms with Crippen molar-refractivity contribution in [1.82, 2.24) is 9.97 Å². The number of fused-ring (bicyclic) bond motifs is 12. The maximum Gasteiger partial charge on any atom is 0.161 e. The zero-order chi connectivity index (χ0) is 40.3. The van der Waals surface area contributed by atoms with Gasteiger partial charge in [-0.2, -0.15) is 0 Å². The van der Waals surface area contributed by atoms with E-state index in [1.807, 2.05) is 0 Å². The second kappa shape index (κ2) is 14.1. The SMILES string of the molecule is c1ccc(-c2ccccc2-c2cc(-c3ccc4c(c3)-c3ccccc3C43c4ccccc4-c4ccccc4-c4ccccc43)nc(-c3ccccc3-c3ccccc3)n2)cc1. The van der Waals surface area contributed by atoms with Crippen LogP contribution in [0.5, 0.6) is 0 Å². The summed E-state index contributed by atoms with van der Waals surface area (Å²) < 4.78 is 0. The van der Waals surface area contributed by atoms with E-state index in [0.717, 1.165) is 50.3 Å². The van der Waals surface area contributed by atoms with E-state index in [0.29, 0.717) is 5.82 Å². The van der Waals surface area contributed by atoms with Gasteiger partial charge in [-0.15, -0.1) is 0 Å². The van der Waals surface area contributed by atoms with Gasteiger partial charge in [0.15, 0.2) is 5.82 Å². The number of benzene rings is 9. The van der Waals surface area contributed by atoms with Gasteiger partial charge in [0, 0.05) is 16.7 Å². The smallest absolute Gasteiger partial charge is 0.161 e. The lowest BCUT2D eigenvalue weighted by Crippen LogP contribution is -2.29. The van der Waals surface area contributed by atoms with E-state index >= 15 is 0 Å². The summed E-state index contributed by atoms with van der Waals surface area (Å²) in [4.78, 5) is 10.9. The molecule has 2 aliphatic carbocycles. The first-order chi connectivity index (χ1) is 30.3. The fraction of sp³-hybridized carbons (Fsp3) is 0.0169. The van der Waals surface area contributed by atoms with Crippen LogP contribution in [-0.2, 0) is 5.41 Å². The van der Waals surface area contributed by atoms with Crippen LogP contribution in [-0.4, -0.2) is 9.97 Å². The lowest BCUT2D eigenvalue weighted by Gasteiger charge is -2.35. The van der Waals surface area contributed by atoms with Crippen molar-refractivity contribution in [2.75, 3.05) is 0 Å². The van der Waals surface area contributed by atoms with Crippen LogP contribution < -0.4 is 0 Å². The predicted octanol–water partition coefficient (Wildman–Crippen LogP) is 14.8. The van der Waals surface area contributed by atoms with Crippen LogP contribution in [0.3, 0.4) is 0 Å². The minimum atomic E-state index is -0.540. The molecule has 0 fully saturated rings. The summed E-state index contributed by atoms with van der Waals surface area (Å²) in [5.41, 5.74) is 21.5. The third-order valence-corrected chi connectivity index (χ3v) is 12.8. The summed E-state index contributed by atoms with van der Waals surface area (Å²) in [5, 5.41) is 0. The highest BCUT2D eigenvalue weighted by Gasteiger charge is 2.49. The predicted molar refractivity (Wildman–Crippen MR) is 251 cm³/mol. The van der Waals surface area contributed by atoms with Gasteiger partial charge in [-0.3, -0.25) is 0 Å². The van der Waals surface area contributed by atoms with E-state index in [4.69, 9.17) is 9.97 Å². The number of hydrogen-bond acceptors (Lipinski definition) is 2. The first kappa shape index (κ1) is 35.0. The number of aromatic nitrogens is 2. The van der Waals surface area contributed by atoms with Crippen LogP contribution in [0, 0.1) is 0 Å². The van der Waals surface area contributed by atoms with Gasteiger partial charge in [-0.1, -0.05) is 218 Å². The molecule has 0 radical (unpaired) electrons. The van der Waals surface area contributed by atoms with Gasteiger partial charge < -0.3 is 0 Å². The van der Waals surface area contributed by atoms with Crippen LogP contribution in [0.4, 0.5) is 0 Å². The molecule has 12 rings (SSSR count). The largest absolute Gasteiger partial charge is 0.228 e. The number of nitrogens with zero attached hydrogens (tertiary/aromatic N) is 2. The Kier molecular flexibility index (Phi) is 8.11. The molecule has 0 atom stereocenters. The normalized spacial score (nSPS) is 12.7. The molecule has 284 valence electrons. The molecule has 0 aliphatic heterocycles. The molecule has 0 amide bonds. The number of rotatable bonds is 5. The summed E-state index contributed by atoms with van der Waals surface area (Å²) in [6, 6.07) is 83.5. The van der Waals surface area contributed by atoms with Gasteiger partial charge in [-0.25, -0.2) is 9.97 Å². The van der Waals surface area contributed by atoms with Crippen molar-refractivity contribution in [1.29, 1.82) is 0 Å². The summed E-state index contributed by atoms with van der Waals surface area (Å²) in [7, 11) is 0. The zero-order valence-electron chi connectivity index (χ0n) is 33.3. The maximum absolute atomic E-state index is 5.48. The van der Waals surface area contributed by atoms with E-state index in [9.17, 15) is 0 Å².